The predicted molar refractivity (Wildman–Crippen MR) is 90.3 cm³/mol. The number of carbonyl (C=O) groups is 2. The Morgan fingerprint density at radius 3 is 2.50 bits per heavy atom. The van der Waals surface area contributed by atoms with Gasteiger partial charge in [-0.2, -0.15) is 0 Å². The summed E-state index contributed by atoms with van der Waals surface area (Å²) < 4.78 is 0. The highest BCUT2D eigenvalue weighted by Gasteiger charge is 2.57. The number of hydrogen-bond donors (Lipinski definition) is 0. The Kier molecular flexibility index (Phi) is 3.46. The predicted octanol–water partition coefficient (Wildman–Crippen LogP) is 2.18. The number of carbonyl (C=O) groups excluding carboxylic acids is 2. The summed E-state index contributed by atoms with van der Waals surface area (Å²) in [6, 6.07) is 11.3. The van der Waals surface area contributed by atoms with Gasteiger partial charge in [-0.15, -0.1) is 0 Å². The van der Waals surface area contributed by atoms with Crippen molar-refractivity contribution in [2.24, 2.45) is 11.8 Å². The number of likely N-dealkylation sites (tertiary alicyclic amines) is 1. The van der Waals surface area contributed by atoms with E-state index in [-0.39, 0.29) is 29.7 Å². The maximum atomic E-state index is 13.1. The first kappa shape index (κ1) is 15.0. The molecule has 3 heterocycles. The molecule has 1 aromatic carbocycles. The molecule has 2 aliphatic rings. The van der Waals surface area contributed by atoms with Gasteiger partial charge in [-0.1, -0.05) is 23.8 Å². The van der Waals surface area contributed by atoms with Crippen LogP contribution in [0.4, 0.5) is 5.69 Å². The van der Waals surface area contributed by atoms with Crippen LogP contribution in [0, 0.1) is 18.8 Å². The molecule has 2 saturated heterocycles. The molecule has 2 amide bonds. The molecule has 0 N–H and O–H groups in total. The van der Waals surface area contributed by atoms with Crippen LogP contribution in [0.1, 0.15) is 17.2 Å². The molecular weight excluding hydrogens is 302 g/mol. The molecule has 5 heteroatoms. The standard InChI is InChI=1S/C19H19N3O2/c1-12-5-7-14(8-6-12)22-18(23)15-11-21(2)17(16(15)19(22)24)13-4-3-9-20-10-13/h3-10,15-17H,11H2,1-2H3/t15-,16-,17+/m1/s1. The van der Waals surface area contributed by atoms with Crippen molar-refractivity contribution in [1.82, 2.24) is 9.88 Å². The number of nitrogens with zero attached hydrogens (tertiary/aromatic N) is 3. The van der Waals surface area contributed by atoms with E-state index >= 15 is 0 Å². The lowest BCUT2D eigenvalue weighted by Crippen LogP contribution is -2.36. The zero-order valence-corrected chi connectivity index (χ0v) is 13.7. The third-order valence-corrected chi connectivity index (χ3v) is 5.09. The molecule has 0 aliphatic carbocycles. The highest BCUT2D eigenvalue weighted by molar-refractivity contribution is 6.22. The summed E-state index contributed by atoms with van der Waals surface area (Å²) in [6.45, 7) is 2.58. The Morgan fingerprint density at radius 1 is 1.08 bits per heavy atom. The molecule has 5 nitrogen and oxygen atoms in total. The number of rotatable bonds is 2. The van der Waals surface area contributed by atoms with E-state index in [1.54, 1.807) is 12.4 Å². The third kappa shape index (κ3) is 2.16. The van der Waals surface area contributed by atoms with E-state index in [9.17, 15) is 9.59 Å². The first-order chi connectivity index (χ1) is 11.6. The highest BCUT2D eigenvalue weighted by atomic mass is 16.2. The Morgan fingerprint density at radius 2 is 1.83 bits per heavy atom. The van der Waals surface area contributed by atoms with Crippen molar-refractivity contribution in [3.63, 3.8) is 0 Å². The van der Waals surface area contributed by atoms with Crippen LogP contribution in [0.3, 0.4) is 0 Å². The molecule has 2 fully saturated rings. The normalized spacial score (nSPS) is 26.9. The van der Waals surface area contributed by atoms with Gasteiger partial charge in [0.25, 0.3) is 0 Å². The van der Waals surface area contributed by atoms with E-state index in [1.165, 1.54) is 4.90 Å². The van der Waals surface area contributed by atoms with Gasteiger partial charge in [-0.25, -0.2) is 4.90 Å². The van der Waals surface area contributed by atoms with Crippen molar-refractivity contribution in [2.75, 3.05) is 18.5 Å². The molecule has 122 valence electrons. The lowest BCUT2D eigenvalue weighted by Gasteiger charge is -2.25. The average Bonchev–Trinajstić information content (AvgIpc) is 3.05. The maximum absolute atomic E-state index is 13.1. The number of aryl methyl sites for hydroxylation is 1. The van der Waals surface area contributed by atoms with E-state index < -0.39 is 0 Å². The monoisotopic (exact) mass is 321 g/mol. The van der Waals surface area contributed by atoms with Crippen LogP contribution in [0.15, 0.2) is 48.8 Å². The molecule has 1 aromatic heterocycles. The summed E-state index contributed by atoms with van der Waals surface area (Å²) in [7, 11) is 1.97. The minimum atomic E-state index is -0.340. The van der Waals surface area contributed by atoms with E-state index in [1.807, 2.05) is 50.4 Å². The van der Waals surface area contributed by atoms with Crippen molar-refractivity contribution >= 4 is 17.5 Å². The number of benzene rings is 1. The largest absolute Gasteiger partial charge is 0.298 e. The molecule has 2 aromatic rings. The topological polar surface area (TPSA) is 53.5 Å². The van der Waals surface area contributed by atoms with Crippen LogP contribution in [-0.4, -0.2) is 35.3 Å². The highest BCUT2D eigenvalue weighted by Crippen LogP contribution is 2.46. The van der Waals surface area contributed by atoms with Crippen LogP contribution in [0.25, 0.3) is 0 Å². The number of hydrogen-bond acceptors (Lipinski definition) is 4. The van der Waals surface area contributed by atoms with Crippen molar-refractivity contribution in [2.45, 2.75) is 13.0 Å². The number of fused-ring (bicyclic) bond motifs is 1. The first-order valence-electron chi connectivity index (χ1n) is 8.12. The Labute approximate surface area is 140 Å². The van der Waals surface area contributed by atoms with E-state index in [2.05, 4.69) is 9.88 Å². The first-order valence-corrected chi connectivity index (χ1v) is 8.12. The fourth-order valence-electron chi connectivity index (χ4n) is 3.96. The summed E-state index contributed by atoms with van der Waals surface area (Å²) in [6.07, 6.45) is 3.51. The van der Waals surface area contributed by atoms with Gasteiger partial charge in [0.2, 0.25) is 11.8 Å². The fraction of sp³-hybridized carbons (Fsp3) is 0.316. The van der Waals surface area contributed by atoms with Gasteiger partial charge in [0.15, 0.2) is 0 Å². The van der Waals surface area contributed by atoms with Gasteiger partial charge in [0.05, 0.1) is 17.5 Å². The summed E-state index contributed by atoms with van der Waals surface area (Å²) in [5.41, 5.74) is 2.75. The second-order valence-electron chi connectivity index (χ2n) is 6.65. The van der Waals surface area contributed by atoms with Crippen molar-refractivity contribution in [3.8, 4) is 0 Å². The van der Waals surface area contributed by atoms with Gasteiger partial charge in [-0.3, -0.25) is 19.5 Å². The fourth-order valence-corrected chi connectivity index (χ4v) is 3.96. The smallest absolute Gasteiger partial charge is 0.239 e. The van der Waals surface area contributed by atoms with Gasteiger partial charge in [0, 0.05) is 25.0 Å². The molecule has 0 unspecified atom stereocenters. The van der Waals surface area contributed by atoms with Crippen molar-refractivity contribution in [1.29, 1.82) is 0 Å². The van der Waals surface area contributed by atoms with Gasteiger partial charge in [0.1, 0.15) is 0 Å². The van der Waals surface area contributed by atoms with Gasteiger partial charge in [-0.05, 0) is 37.7 Å². The maximum Gasteiger partial charge on any atom is 0.239 e. The summed E-state index contributed by atoms with van der Waals surface area (Å²) in [4.78, 5) is 33.6. The average molecular weight is 321 g/mol. The van der Waals surface area contributed by atoms with Gasteiger partial charge >= 0.3 is 0 Å². The quantitative estimate of drug-likeness (QED) is 0.796. The molecule has 0 radical (unpaired) electrons. The summed E-state index contributed by atoms with van der Waals surface area (Å²) in [5, 5.41) is 0. The van der Waals surface area contributed by atoms with E-state index in [0.29, 0.717) is 12.2 Å². The molecular formula is C19H19N3O2. The van der Waals surface area contributed by atoms with Crippen molar-refractivity contribution < 1.29 is 9.59 Å². The number of imide groups is 1. The van der Waals surface area contributed by atoms with Crippen LogP contribution in [0.2, 0.25) is 0 Å². The minimum absolute atomic E-state index is 0.0907. The zero-order chi connectivity index (χ0) is 16.8. The second kappa shape index (κ2) is 5.53. The zero-order valence-electron chi connectivity index (χ0n) is 13.7. The molecule has 4 rings (SSSR count). The van der Waals surface area contributed by atoms with Crippen LogP contribution < -0.4 is 4.90 Å². The molecule has 0 saturated carbocycles. The lowest BCUT2D eigenvalue weighted by molar-refractivity contribution is -0.123. The van der Waals surface area contributed by atoms with Crippen LogP contribution >= 0.6 is 0 Å². The molecule has 2 aliphatic heterocycles. The Hall–Kier alpha value is -2.53. The Bertz CT molecular complexity index is 788. The lowest BCUT2D eigenvalue weighted by atomic mass is 9.89. The molecule has 0 spiro atoms. The number of amides is 2. The molecule has 3 atom stereocenters. The minimum Gasteiger partial charge on any atom is -0.298 e. The van der Waals surface area contributed by atoms with Crippen LogP contribution in [-0.2, 0) is 9.59 Å². The Balaban J connectivity index is 1.72. The number of aromatic nitrogens is 1. The summed E-state index contributed by atoms with van der Waals surface area (Å²) in [5.74, 6) is -0.818. The summed E-state index contributed by atoms with van der Waals surface area (Å²) >= 11 is 0. The van der Waals surface area contributed by atoms with E-state index in [0.717, 1.165) is 11.1 Å². The second-order valence-corrected chi connectivity index (χ2v) is 6.65. The molecule has 0 bridgehead atoms. The SMILES string of the molecule is Cc1ccc(N2C(=O)[C@@H]3[C@@H](CN(C)[C@H]3c3cccnc3)C2=O)cc1. The van der Waals surface area contributed by atoms with Gasteiger partial charge < -0.3 is 0 Å². The third-order valence-electron chi connectivity index (χ3n) is 5.09. The van der Waals surface area contributed by atoms with Crippen LogP contribution in [0.5, 0.6) is 0 Å². The van der Waals surface area contributed by atoms with Crippen molar-refractivity contribution in [3.05, 3.63) is 59.9 Å². The number of anilines is 1. The molecule has 24 heavy (non-hydrogen) atoms. The van der Waals surface area contributed by atoms with E-state index in [4.69, 9.17) is 0 Å². The number of pyridine rings is 1.